The number of amides is 1. The average Bonchev–Trinajstić information content (AvgIpc) is 3.10. The highest BCUT2D eigenvalue weighted by atomic mass is 19.4. The molecule has 2 aliphatic heterocycles. The Balaban J connectivity index is 1.65. The Labute approximate surface area is 170 Å². The molecule has 4 rings (SSSR count). The minimum Gasteiger partial charge on any atom is -0.369 e. The Morgan fingerprint density at radius 1 is 1.10 bits per heavy atom. The lowest BCUT2D eigenvalue weighted by Crippen LogP contribution is -2.44. The predicted octanol–water partition coefficient (Wildman–Crippen LogP) is 1.94. The number of fused-ring (bicyclic) bond motifs is 1. The van der Waals surface area contributed by atoms with Gasteiger partial charge < -0.3 is 26.2 Å². The zero-order chi connectivity index (χ0) is 21.5. The fraction of sp³-hybridized carbons (Fsp3) is 0.316. The summed E-state index contributed by atoms with van der Waals surface area (Å²) >= 11 is 0. The van der Waals surface area contributed by atoms with E-state index in [2.05, 4.69) is 37.4 Å². The molecule has 1 saturated heterocycles. The quantitative estimate of drug-likeness (QED) is 0.654. The maximum Gasteiger partial charge on any atom is 0.433 e. The molecule has 158 valence electrons. The van der Waals surface area contributed by atoms with E-state index in [1.807, 2.05) is 18.2 Å². The van der Waals surface area contributed by atoms with Crippen molar-refractivity contribution in [2.45, 2.75) is 6.18 Å². The van der Waals surface area contributed by atoms with Crippen LogP contribution >= 0.6 is 0 Å². The van der Waals surface area contributed by atoms with Crippen molar-refractivity contribution >= 4 is 28.5 Å². The number of aromatic nitrogens is 2. The molecule has 1 aromatic heterocycles. The van der Waals surface area contributed by atoms with Crippen molar-refractivity contribution in [1.82, 2.24) is 14.9 Å². The van der Waals surface area contributed by atoms with Crippen LogP contribution in [0, 0.1) is 0 Å². The molecule has 11 heteroatoms. The van der Waals surface area contributed by atoms with E-state index < -0.39 is 23.6 Å². The van der Waals surface area contributed by atoms with E-state index >= 15 is 0 Å². The minimum absolute atomic E-state index is 0.146. The standard InChI is InChI=1S/C19H20F3N7O/c1-28-6-8-29(9-7-28)11-2-3-12-13(10-11)26-18(25-12)15(16(23)30)17-24-5-4-14(27-17)19(20,21)22/h2-5,10,25-26H,6-9H2,1H3,(H2,23,30)/b18-15-. The Morgan fingerprint density at radius 2 is 1.80 bits per heavy atom. The molecule has 0 aliphatic carbocycles. The average molecular weight is 419 g/mol. The second-order valence-corrected chi connectivity index (χ2v) is 7.15. The van der Waals surface area contributed by atoms with Gasteiger partial charge in [0.1, 0.15) is 17.1 Å². The molecule has 0 unspecified atom stereocenters. The highest BCUT2D eigenvalue weighted by Gasteiger charge is 2.34. The topological polar surface area (TPSA) is 99.4 Å². The third-order valence-corrected chi connectivity index (χ3v) is 5.06. The molecule has 2 aliphatic rings. The van der Waals surface area contributed by atoms with Crippen molar-refractivity contribution in [1.29, 1.82) is 0 Å². The summed E-state index contributed by atoms with van der Waals surface area (Å²) in [5, 5.41) is 6.02. The summed E-state index contributed by atoms with van der Waals surface area (Å²) in [6.45, 7) is 3.67. The zero-order valence-corrected chi connectivity index (χ0v) is 16.1. The number of anilines is 3. The Hall–Kier alpha value is -3.34. The summed E-state index contributed by atoms with van der Waals surface area (Å²) in [5.74, 6) is -1.21. The Morgan fingerprint density at radius 3 is 2.47 bits per heavy atom. The lowest BCUT2D eigenvalue weighted by atomic mass is 10.2. The Bertz CT molecular complexity index is 1010. The lowest BCUT2D eigenvalue weighted by Gasteiger charge is -2.34. The summed E-state index contributed by atoms with van der Waals surface area (Å²) in [5.41, 5.74) is 6.42. The monoisotopic (exact) mass is 419 g/mol. The number of likely N-dealkylation sites (N-methyl/N-ethyl adjacent to an activating group) is 1. The van der Waals surface area contributed by atoms with Gasteiger partial charge in [0, 0.05) is 38.1 Å². The van der Waals surface area contributed by atoms with E-state index in [0.29, 0.717) is 11.4 Å². The number of piperazine rings is 1. The third kappa shape index (κ3) is 3.88. The number of nitrogens with zero attached hydrogens (tertiary/aromatic N) is 4. The molecular weight excluding hydrogens is 399 g/mol. The fourth-order valence-electron chi connectivity index (χ4n) is 3.41. The first-order valence-corrected chi connectivity index (χ1v) is 9.28. The summed E-state index contributed by atoms with van der Waals surface area (Å²) < 4.78 is 39.0. The van der Waals surface area contributed by atoms with E-state index in [0.717, 1.165) is 44.1 Å². The van der Waals surface area contributed by atoms with Gasteiger partial charge in [-0.2, -0.15) is 13.2 Å². The number of nitrogens with one attached hydrogen (secondary N) is 2. The zero-order valence-electron chi connectivity index (χ0n) is 16.1. The lowest BCUT2D eigenvalue weighted by molar-refractivity contribution is -0.141. The predicted molar refractivity (Wildman–Crippen MR) is 107 cm³/mol. The molecule has 1 amide bonds. The number of benzene rings is 1. The van der Waals surface area contributed by atoms with Gasteiger partial charge in [0.05, 0.1) is 11.4 Å². The maximum absolute atomic E-state index is 13.0. The van der Waals surface area contributed by atoms with Crippen molar-refractivity contribution in [3.05, 3.63) is 47.8 Å². The third-order valence-electron chi connectivity index (χ3n) is 5.06. The number of rotatable bonds is 3. The first-order chi connectivity index (χ1) is 14.2. The smallest absolute Gasteiger partial charge is 0.369 e. The van der Waals surface area contributed by atoms with E-state index in [-0.39, 0.29) is 11.4 Å². The number of nitrogens with two attached hydrogens (primary N) is 1. The molecule has 0 atom stereocenters. The second kappa shape index (κ2) is 7.48. The number of hydrogen-bond acceptors (Lipinski definition) is 7. The molecular formula is C19H20F3N7O. The number of hydrogen-bond donors (Lipinski definition) is 3. The molecule has 0 radical (unpaired) electrons. The van der Waals surface area contributed by atoms with Gasteiger partial charge in [-0.25, -0.2) is 9.97 Å². The summed E-state index contributed by atoms with van der Waals surface area (Å²) in [6.07, 6.45) is -3.72. The Kier molecular flexibility index (Phi) is 4.98. The van der Waals surface area contributed by atoms with Crippen LogP contribution in [0.5, 0.6) is 0 Å². The number of halogens is 3. The fourth-order valence-corrected chi connectivity index (χ4v) is 3.41. The summed E-state index contributed by atoms with van der Waals surface area (Å²) in [4.78, 5) is 23.8. The first kappa shape index (κ1) is 20.0. The maximum atomic E-state index is 13.0. The van der Waals surface area contributed by atoms with Gasteiger partial charge >= 0.3 is 6.18 Å². The van der Waals surface area contributed by atoms with Crippen molar-refractivity contribution < 1.29 is 18.0 Å². The molecule has 8 nitrogen and oxygen atoms in total. The van der Waals surface area contributed by atoms with E-state index in [9.17, 15) is 18.0 Å². The first-order valence-electron chi connectivity index (χ1n) is 9.28. The molecule has 0 bridgehead atoms. The van der Waals surface area contributed by atoms with Gasteiger partial charge in [0.15, 0.2) is 5.82 Å². The van der Waals surface area contributed by atoms with Crippen LogP contribution in [-0.2, 0) is 11.0 Å². The molecule has 1 fully saturated rings. The molecule has 1 aromatic carbocycles. The van der Waals surface area contributed by atoms with E-state index in [4.69, 9.17) is 5.73 Å². The van der Waals surface area contributed by atoms with Crippen LogP contribution in [0.15, 0.2) is 36.3 Å². The van der Waals surface area contributed by atoms with Gasteiger partial charge in [0.25, 0.3) is 5.91 Å². The van der Waals surface area contributed by atoms with Crippen molar-refractivity contribution in [2.75, 3.05) is 48.8 Å². The van der Waals surface area contributed by atoms with Gasteiger partial charge in [-0.15, -0.1) is 0 Å². The van der Waals surface area contributed by atoms with Crippen molar-refractivity contribution in [3.63, 3.8) is 0 Å². The molecule has 0 spiro atoms. The second-order valence-electron chi connectivity index (χ2n) is 7.15. The van der Waals surface area contributed by atoms with E-state index in [1.54, 1.807) is 0 Å². The highest BCUT2D eigenvalue weighted by Crippen LogP contribution is 2.37. The summed E-state index contributed by atoms with van der Waals surface area (Å²) in [7, 11) is 2.07. The minimum atomic E-state index is -4.66. The molecule has 0 saturated carbocycles. The molecule has 3 heterocycles. The highest BCUT2D eigenvalue weighted by molar-refractivity contribution is 6.20. The van der Waals surface area contributed by atoms with Crippen LogP contribution in [0.3, 0.4) is 0 Å². The van der Waals surface area contributed by atoms with Crippen LogP contribution in [0.25, 0.3) is 5.57 Å². The summed E-state index contributed by atoms with van der Waals surface area (Å²) in [6, 6.07) is 6.45. The SMILES string of the molecule is CN1CCN(c2ccc3c(c2)N/C(=C(/C(N)=O)c2nccc(C(F)(F)F)n2)N3)CC1. The van der Waals surface area contributed by atoms with Crippen LogP contribution in [0.4, 0.5) is 30.2 Å². The van der Waals surface area contributed by atoms with Gasteiger partial charge in [-0.1, -0.05) is 0 Å². The van der Waals surface area contributed by atoms with Crippen LogP contribution in [0.2, 0.25) is 0 Å². The van der Waals surface area contributed by atoms with Gasteiger partial charge in [-0.05, 0) is 31.3 Å². The molecule has 30 heavy (non-hydrogen) atoms. The van der Waals surface area contributed by atoms with Crippen LogP contribution in [0.1, 0.15) is 11.5 Å². The number of carbonyl (C=O) groups is 1. The van der Waals surface area contributed by atoms with Gasteiger partial charge in [-0.3, -0.25) is 4.79 Å². The largest absolute Gasteiger partial charge is 0.433 e. The van der Waals surface area contributed by atoms with Crippen LogP contribution < -0.4 is 21.3 Å². The molecule has 2 aromatic rings. The normalized spacial score (nSPS) is 18.5. The van der Waals surface area contributed by atoms with E-state index in [1.165, 1.54) is 0 Å². The van der Waals surface area contributed by atoms with Crippen LogP contribution in [-0.4, -0.2) is 54.0 Å². The molecule has 4 N–H and O–H groups in total. The van der Waals surface area contributed by atoms with Gasteiger partial charge in [0.2, 0.25) is 0 Å². The van der Waals surface area contributed by atoms with Crippen molar-refractivity contribution in [3.8, 4) is 0 Å². The number of carbonyl (C=O) groups excluding carboxylic acids is 1. The number of alkyl halides is 3. The number of primary amides is 1. The van der Waals surface area contributed by atoms with Crippen molar-refractivity contribution in [2.24, 2.45) is 5.73 Å².